The molecule has 0 unspecified atom stereocenters. The van der Waals surface area contributed by atoms with Gasteiger partial charge in [0.25, 0.3) is 5.56 Å². The molecule has 1 aliphatic rings. The number of rotatable bonds is 3. The summed E-state index contributed by atoms with van der Waals surface area (Å²) < 4.78 is 12.4. The van der Waals surface area contributed by atoms with Crippen LogP contribution < -0.4 is 15.0 Å². The van der Waals surface area contributed by atoms with Crippen LogP contribution in [0.1, 0.15) is 15.9 Å². The van der Waals surface area contributed by atoms with Gasteiger partial charge in [0.15, 0.2) is 17.3 Å². The van der Waals surface area contributed by atoms with E-state index >= 15 is 0 Å². The number of aromatic nitrogens is 1. The maximum Gasteiger partial charge on any atom is 0.267 e. The van der Waals surface area contributed by atoms with Crippen molar-refractivity contribution < 1.29 is 19.4 Å². The average Bonchev–Trinajstić information content (AvgIpc) is 3.07. The molecule has 4 aromatic rings. The molecule has 0 spiro atoms. The van der Waals surface area contributed by atoms with Crippen LogP contribution in [-0.4, -0.2) is 29.7 Å². The Hall–Kier alpha value is -4.06. The van der Waals surface area contributed by atoms with Crippen molar-refractivity contribution in [3.8, 4) is 34.2 Å². The highest BCUT2D eigenvalue weighted by Gasteiger charge is 2.34. The van der Waals surface area contributed by atoms with Gasteiger partial charge in [-0.1, -0.05) is 24.3 Å². The molecule has 1 aliphatic carbocycles. The van der Waals surface area contributed by atoms with Crippen LogP contribution in [0.4, 0.5) is 0 Å². The van der Waals surface area contributed by atoms with Crippen LogP contribution in [0, 0.1) is 0 Å². The molecular formula is C24H17NO5. The van der Waals surface area contributed by atoms with Crippen molar-refractivity contribution in [2.45, 2.75) is 0 Å². The zero-order valence-corrected chi connectivity index (χ0v) is 16.3. The van der Waals surface area contributed by atoms with Crippen molar-refractivity contribution in [1.29, 1.82) is 0 Å². The molecule has 0 saturated heterocycles. The van der Waals surface area contributed by atoms with Crippen LogP contribution in [0.5, 0.6) is 17.2 Å². The summed E-state index contributed by atoms with van der Waals surface area (Å²) in [4.78, 5) is 27.2. The van der Waals surface area contributed by atoms with Gasteiger partial charge >= 0.3 is 0 Å². The summed E-state index contributed by atoms with van der Waals surface area (Å²) in [6.07, 6.45) is 0. The number of aromatic hydroxyl groups is 1. The lowest BCUT2D eigenvalue weighted by Crippen LogP contribution is -2.22. The summed E-state index contributed by atoms with van der Waals surface area (Å²) in [5.41, 5.74) is 2.41. The van der Waals surface area contributed by atoms with Crippen molar-refractivity contribution in [3.63, 3.8) is 0 Å². The Kier molecular flexibility index (Phi) is 3.89. The molecule has 0 atom stereocenters. The molecule has 3 aromatic carbocycles. The second-order valence-electron chi connectivity index (χ2n) is 6.98. The Bertz CT molecular complexity index is 1400. The minimum absolute atomic E-state index is 0.0833. The summed E-state index contributed by atoms with van der Waals surface area (Å²) >= 11 is 0. The second kappa shape index (κ2) is 6.49. The molecule has 0 aliphatic heterocycles. The molecular weight excluding hydrogens is 382 g/mol. The standard InChI is InChI=1S/C24H17NO5/c1-29-18-12-11-17-19-21(15-5-3-4-6-16(15)22(19)27)25(13-7-9-14(26)10-8-13)24(28)20(17)23(18)30-2/h3-12,26H,1-2H3. The van der Waals surface area contributed by atoms with Gasteiger partial charge < -0.3 is 14.6 Å². The zero-order valence-electron chi connectivity index (χ0n) is 16.3. The van der Waals surface area contributed by atoms with Gasteiger partial charge in [-0.25, -0.2) is 0 Å². The highest BCUT2D eigenvalue weighted by Crippen LogP contribution is 2.43. The number of phenols is 1. The van der Waals surface area contributed by atoms with Crippen LogP contribution >= 0.6 is 0 Å². The fraction of sp³-hybridized carbons (Fsp3) is 0.0833. The van der Waals surface area contributed by atoms with Crippen LogP contribution in [-0.2, 0) is 0 Å². The lowest BCUT2D eigenvalue weighted by Gasteiger charge is -2.17. The van der Waals surface area contributed by atoms with Gasteiger partial charge in [-0.15, -0.1) is 0 Å². The van der Waals surface area contributed by atoms with E-state index in [0.29, 0.717) is 39.2 Å². The number of hydrogen-bond acceptors (Lipinski definition) is 5. The van der Waals surface area contributed by atoms with E-state index in [2.05, 4.69) is 0 Å². The predicted molar refractivity (Wildman–Crippen MR) is 113 cm³/mol. The van der Waals surface area contributed by atoms with Gasteiger partial charge in [0.2, 0.25) is 0 Å². The molecule has 148 valence electrons. The largest absolute Gasteiger partial charge is 0.508 e. The first kappa shape index (κ1) is 18.0. The molecule has 0 saturated carbocycles. The number of ether oxygens (including phenoxy) is 2. The van der Waals surface area contributed by atoms with Crippen molar-refractivity contribution in [2.24, 2.45) is 0 Å². The Balaban J connectivity index is 2.03. The molecule has 6 nitrogen and oxygen atoms in total. The van der Waals surface area contributed by atoms with Crippen LogP contribution in [0.3, 0.4) is 0 Å². The number of methoxy groups -OCH3 is 2. The van der Waals surface area contributed by atoms with Crippen LogP contribution in [0.25, 0.3) is 27.7 Å². The van der Waals surface area contributed by atoms with Gasteiger partial charge in [-0.2, -0.15) is 0 Å². The monoisotopic (exact) mass is 399 g/mol. The lowest BCUT2D eigenvalue weighted by atomic mass is 10.0. The topological polar surface area (TPSA) is 77.8 Å². The number of benzene rings is 3. The molecule has 0 amide bonds. The van der Waals surface area contributed by atoms with E-state index in [-0.39, 0.29) is 28.2 Å². The second-order valence-corrected chi connectivity index (χ2v) is 6.98. The van der Waals surface area contributed by atoms with E-state index in [0.717, 1.165) is 0 Å². The van der Waals surface area contributed by atoms with Gasteiger partial charge in [0.1, 0.15) is 5.75 Å². The third-order valence-electron chi connectivity index (χ3n) is 5.45. The minimum Gasteiger partial charge on any atom is -0.508 e. The SMILES string of the molecule is COc1ccc2c3c(n(-c4ccc(O)cc4)c(=O)c2c1OC)-c1ccccc1C3=O. The predicted octanol–water partition coefficient (Wildman–Crippen LogP) is 3.92. The number of fused-ring (bicyclic) bond motifs is 5. The third kappa shape index (κ3) is 2.30. The fourth-order valence-electron chi connectivity index (χ4n) is 4.16. The van der Waals surface area contributed by atoms with Crippen molar-refractivity contribution >= 4 is 16.6 Å². The summed E-state index contributed by atoms with van der Waals surface area (Å²) in [6.45, 7) is 0. The molecule has 1 heterocycles. The highest BCUT2D eigenvalue weighted by molar-refractivity contribution is 6.27. The summed E-state index contributed by atoms with van der Waals surface area (Å²) in [5, 5.41) is 10.5. The van der Waals surface area contributed by atoms with Crippen molar-refractivity contribution in [2.75, 3.05) is 14.2 Å². The first-order valence-corrected chi connectivity index (χ1v) is 9.34. The van der Waals surface area contributed by atoms with Crippen LogP contribution in [0.2, 0.25) is 0 Å². The molecule has 0 bridgehead atoms. The molecule has 6 heteroatoms. The number of pyridine rings is 1. The molecule has 30 heavy (non-hydrogen) atoms. The van der Waals surface area contributed by atoms with Crippen LogP contribution in [0.15, 0.2) is 65.5 Å². The smallest absolute Gasteiger partial charge is 0.267 e. The number of phenolic OH excluding ortho intramolecular Hbond substituents is 1. The molecule has 1 N–H and O–H groups in total. The lowest BCUT2D eigenvalue weighted by molar-refractivity contribution is 0.104. The average molecular weight is 399 g/mol. The van der Waals surface area contributed by atoms with Gasteiger partial charge in [-0.3, -0.25) is 14.2 Å². The third-order valence-corrected chi connectivity index (χ3v) is 5.45. The van der Waals surface area contributed by atoms with E-state index in [4.69, 9.17) is 9.47 Å². The number of nitrogens with zero attached hydrogens (tertiary/aromatic N) is 1. The van der Waals surface area contributed by atoms with Gasteiger partial charge in [0, 0.05) is 22.2 Å². The fourth-order valence-corrected chi connectivity index (χ4v) is 4.16. The Labute approximate surface area is 171 Å². The van der Waals surface area contributed by atoms with E-state index in [9.17, 15) is 14.7 Å². The minimum atomic E-state index is -0.338. The number of ketones is 1. The van der Waals surface area contributed by atoms with Gasteiger partial charge in [0.05, 0.1) is 30.9 Å². The Morgan fingerprint density at radius 1 is 0.833 bits per heavy atom. The Morgan fingerprint density at radius 2 is 1.53 bits per heavy atom. The molecule has 0 fully saturated rings. The maximum atomic E-state index is 13.8. The summed E-state index contributed by atoms with van der Waals surface area (Å²) in [6, 6.07) is 16.9. The number of hydrogen-bond donors (Lipinski definition) is 1. The van der Waals surface area contributed by atoms with E-state index < -0.39 is 0 Å². The first-order valence-electron chi connectivity index (χ1n) is 9.34. The van der Waals surface area contributed by atoms with Crippen molar-refractivity contribution in [3.05, 3.63) is 82.1 Å². The van der Waals surface area contributed by atoms with E-state index in [1.807, 2.05) is 12.1 Å². The summed E-state index contributed by atoms with van der Waals surface area (Å²) in [5.74, 6) is 0.617. The quantitative estimate of drug-likeness (QED) is 0.497. The number of carbonyl (C=O) groups is 1. The Morgan fingerprint density at radius 3 is 2.20 bits per heavy atom. The maximum absolute atomic E-state index is 13.8. The van der Waals surface area contributed by atoms with Crippen molar-refractivity contribution in [1.82, 2.24) is 4.57 Å². The van der Waals surface area contributed by atoms with E-state index in [1.54, 1.807) is 36.4 Å². The normalized spacial score (nSPS) is 12.0. The zero-order chi connectivity index (χ0) is 21.0. The highest BCUT2D eigenvalue weighted by atomic mass is 16.5. The molecule has 0 radical (unpaired) electrons. The first-order chi connectivity index (χ1) is 14.6. The van der Waals surface area contributed by atoms with Gasteiger partial charge in [-0.05, 0) is 36.4 Å². The number of carbonyl (C=O) groups excluding carboxylic acids is 1. The molecule has 5 rings (SSSR count). The summed E-state index contributed by atoms with van der Waals surface area (Å²) in [7, 11) is 2.96. The van der Waals surface area contributed by atoms with E-state index in [1.165, 1.54) is 30.9 Å². The molecule has 1 aromatic heterocycles.